The van der Waals surface area contributed by atoms with E-state index in [9.17, 15) is 0 Å². The molecule has 5 nitrogen and oxygen atoms in total. The van der Waals surface area contributed by atoms with Crippen LogP contribution in [0.1, 0.15) is 12.8 Å². The number of hydrogen-bond donors (Lipinski definition) is 1. The molecule has 5 heteroatoms. The maximum absolute atomic E-state index is 5.94. The van der Waals surface area contributed by atoms with Crippen molar-refractivity contribution < 1.29 is 9.47 Å². The fraction of sp³-hybridized carbons (Fsp3) is 0.375. The third-order valence-electron chi connectivity index (χ3n) is 3.62. The van der Waals surface area contributed by atoms with Gasteiger partial charge in [0, 0.05) is 17.2 Å². The van der Waals surface area contributed by atoms with E-state index in [0.717, 1.165) is 42.8 Å². The average Bonchev–Trinajstić information content (AvgIpc) is 2.56. The highest BCUT2D eigenvalue weighted by atomic mass is 16.5. The molecule has 110 valence electrons. The Labute approximate surface area is 124 Å². The van der Waals surface area contributed by atoms with Crippen molar-refractivity contribution in [2.75, 3.05) is 20.2 Å². The lowest BCUT2D eigenvalue weighted by molar-refractivity contribution is 0.154. The topological polar surface area (TPSA) is 56.3 Å². The van der Waals surface area contributed by atoms with Crippen molar-refractivity contribution in [3.05, 3.63) is 36.5 Å². The lowest BCUT2D eigenvalue weighted by Crippen LogP contribution is -2.34. The standard InChI is InChI=1S/C16H19N3O2/c1-20-15-5-3-2-4-14(15)12-10-16(19-18-11-12)21-13-6-8-17-9-7-13/h2-5,10-11,13,17H,6-9H2,1H3. The van der Waals surface area contributed by atoms with E-state index >= 15 is 0 Å². The molecule has 1 aromatic carbocycles. The van der Waals surface area contributed by atoms with Crippen molar-refractivity contribution in [3.63, 3.8) is 0 Å². The Morgan fingerprint density at radius 3 is 2.81 bits per heavy atom. The van der Waals surface area contributed by atoms with Gasteiger partial charge in [0.25, 0.3) is 0 Å². The molecule has 1 saturated heterocycles. The fourth-order valence-electron chi connectivity index (χ4n) is 2.52. The molecule has 1 N–H and O–H groups in total. The van der Waals surface area contributed by atoms with Crippen LogP contribution in [0.5, 0.6) is 11.6 Å². The van der Waals surface area contributed by atoms with Gasteiger partial charge in [-0.2, -0.15) is 5.10 Å². The smallest absolute Gasteiger partial charge is 0.234 e. The monoisotopic (exact) mass is 285 g/mol. The Balaban J connectivity index is 1.82. The van der Waals surface area contributed by atoms with Gasteiger partial charge in [0.1, 0.15) is 11.9 Å². The van der Waals surface area contributed by atoms with Crippen LogP contribution in [0.15, 0.2) is 36.5 Å². The first-order valence-corrected chi connectivity index (χ1v) is 7.20. The molecule has 0 amide bonds. The molecule has 1 aliphatic heterocycles. The molecule has 1 aliphatic rings. The zero-order valence-corrected chi connectivity index (χ0v) is 12.1. The summed E-state index contributed by atoms with van der Waals surface area (Å²) >= 11 is 0. The lowest BCUT2D eigenvalue weighted by atomic mass is 10.1. The number of nitrogens with one attached hydrogen (secondary N) is 1. The number of methoxy groups -OCH3 is 1. The van der Waals surface area contributed by atoms with Crippen LogP contribution in [0.4, 0.5) is 0 Å². The Morgan fingerprint density at radius 1 is 1.19 bits per heavy atom. The lowest BCUT2D eigenvalue weighted by Gasteiger charge is -2.23. The zero-order chi connectivity index (χ0) is 14.5. The highest BCUT2D eigenvalue weighted by Crippen LogP contribution is 2.30. The van der Waals surface area contributed by atoms with Gasteiger partial charge in [-0.25, -0.2) is 0 Å². The number of para-hydroxylation sites is 1. The van der Waals surface area contributed by atoms with Gasteiger partial charge in [-0.1, -0.05) is 18.2 Å². The highest BCUT2D eigenvalue weighted by Gasteiger charge is 2.16. The maximum atomic E-state index is 5.94. The van der Waals surface area contributed by atoms with E-state index in [1.807, 2.05) is 30.3 Å². The van der Waals surface area contributed by atoms with Crippen molar-refractivity contribution in [2.24, 2.45) is 0 Å². The Morgan fingerprint density at radius 2 is 2.00 bits per heavy atom. The molecule has 0 atom stereocenters. The van der Waals surface area contributed by atoms with Crippen LogP contribution in [0, 0.1) is 0 Å². The van der Waals surface area contributed by atoms with Crippen LogP contribution < -0.4 is 14.8 Å². The Kier molecular flexibility index (Phi) is 4.31. The van der Waals surface area contributed by atoms with Gasteiger partial charge in [0.2, 0.25) is 5.88 Å². The van der Waals surface area contributed by atoms with Gasteiger partial charge in [0.15, 0.2) is 0 Å². The van der Waals surface area contributed by atoms with E-state index < -0.39 is 0 Å². The number of benzene rings is 1. The summed E-state index contributed by atoms with van der Waals surface area (Å²) in [5.41, 5.74) is 1.94. The molecule has 0 bridgehead atoms. The number of hydrogen-bond acceptors (Lipinski definition) is 5. The first kappa shape index (κ1) is 13.8. The van der Waals surface area contributed by atoms with Gasteiger partial charge in [0.05, 0.1) is 13.3 Å². The van der Waals surface area contributed by atoms with Gasteiger partial charge >= 0.3 is 0 Å². The molecular formula is C16H19N3O2. The summed E-state index contributed by atoms with van der Waals surface area (Å²) in [6.07, 6.45) is 3.95. The van der Waals surface area contributed by atoms with Crippen molar-refractivity contribution in [3.8, 4) is 22.8 Å². The largest absolute Gasteiger partial charge is 0.496 e. The summed E-state index contributed by atoms with van der Waals surface area (Å²) in [4.78, 5) is 0. The van der Waals surface area contributed by atoms with Crippen LogP contribution in [0.3, 0.4) is 0 Å². The van der Waals surface area contributed by atoms with Crippen molar-refractivity contribution >= 4 is 0 Å². The molecule has 0 aliphatic carbocycles. The minimum Gasteiger partial charge on any atom is -0.496 e. The summed E-state index contributed by atoms with van der Waals surface area (Å²) in [6.45, 7) is 1.98. The SMILES string of the molecule is COc1ccccc1-c1cnnc(OC2CCNCC2)c1. The van der Waals surface area contributed by atoms with E-state index in [4.69, 9.17) is 9.47 Å². The van der Waals surface area contributed by atoms with Crippen molar-refractivity contribution in [1.82, 2.24) is 15.5 Å². The predicted octanol–water partition coefficient (Wildman–Crippen LogP) is 2.28. The molecule has 1 aromatic heterocycles. The van der Waals surface area contributed by atoms with Crippen molar-refractivity contribution in [2.45, 2.75) is 18.9 Å². The second-order valence-corrected chi connectivity index (χ2v) is 5.05. The zero-order valence-electron chi connectivity index (χ0n) is 12.1. The quantitative estimate of drug-likeness (QED) is 0.934. The first-order valence-electron chi connectivity index (χ1n) is 7.20. The van der Waals surface area contributed by atoms with E-state index in [2.05, 4.69) is 15.5 Å². The summed E-state index contributed by atoms with van der Waals surface area (Å²) < 4.78 is 11.3. The van der Waals surface area contributed by atoms with Crippen LogP contribution in [0.25, 0.3) is 11.1 Å². The van der Waals surface area contributed by atoms with Crippen LogP contribution >= 0.6 is 0 Å². The van der Waals surface area contributed by atoms with Crippen molar-refractivity contribution in [1.29, 1.82) is 0 Å². The van der Waals surface area contributed by atoms with Gasteiger partial charge < -0.3 is 14.8 Å². The van der Waals surface area contributed by atoms with Crippen LogP contribution in [-0.4, -0.2) is 36.5 Å². The molecule has 1 fully saturated rings. The second kappa shape index (κ2) is 6.54. The average molecular weight is 285 g/mol. The number of piperidine rings is 1. The molecule has 0 spiro atoms. The van der Waals surface area contributed by atoms with Gasteiger partial charge in [-0.15, -0.1) is 5.10 Å². The molecule has 21 heavy (non-hydrogen) atoms. The van der Waals surface area contributed by atoms with E-state index in [0.29, 0.717) is 5.88 Å². The summed E-state index contributed by atoms with van der Waals surface area (Å²) in [5.74, 6) is 1.39. The van der Waals surface area contributed by atoms with Crippen LogP contribution in [-0.2, 0) is 0 Å². The molecule has 0 radical (unpaired) electrons. The first-order chi connectivity index (χ1) is 10.4. The van der Waals surface area contributed by atoms with E-state index in [-0.39, 0.29) is 6.10 Å². The Bertz CT molecular complexity index is 598. The van der Waals surface area contributed by atoms with Gasteiger partial charge in [-0.05, 0) is 32.0 Å². The van der Waals surface area contributed by atoms with E-state index in [1.165, 1.54) is 0 Å². The normalized spacial score (nSPS) is 15.7. The maximum Gasteiger partial charge on any atom is 0.234 e. The minimum atomic E-state index is 0.216. The summed E-state index contributed by atoms with van der Waals surface area (Å²) in [5, 5.41) is 11.5. The summed E-state index contributed by atoms with van der Waals surface area (Å²) in [7, 11) is 1.67. The number of aromatic nitrogens is 2. The third-order valence-corrected chi connectivity index (χ3v) is 3.62. The molecule has 2 heterocycles. The molecule has 3 rings (SSSR count). The number of ether oxygens (including phenoxy) is 2. The Hall–Kier alpha value is -2.14. The molecule has 0 unspecified atom stereocenters. The minimum absolute atomic E-state index is 0.216. The third kappa shape index (κ3) is 3.31. The van der Waals surface area contributed by atoms with E-state index in [1.54, 1.807) is 13.3 Å². The summed E-state index contributed by atoms with van der Waals surface area (Å²) in [6, 6.07) is 9.79. The molecule has 0 saturated carbocycles. The second-order valence-electron chi connectivity index (χ2n) is 5.05. The molecular weight excluding hydrogens is 266 g/mol. The number of nitrogens with zero attached hydrogens (tertiary/aromatic N) is 2. The number of rotatable bonds is 4. The molecule has 2 aromatic rings. The highest BCUT2D eigenvalue weighted by molar-refractivity contribution is 5.70. The fourth-order valence-corrected chi connectivity index (χ4v) is 2.52. The van der Waals surface area contributed by atoms with Gasteiger partial charge in [-0.3, -0.25) is 0 Å². The predicted molar refractivity (Wildman–Crippen MR) is 80.5 cm³/mol. The van der Waals surface area contributed by atoms with Crippen LogP contribution in [0.2, 0.25) is 0 Å².